The van der Waals surface area contributed by atoms with Gasteiger partial charge in [0.05, 0.1) is 0 Å². The maximum atomic E-state index is 13.0. The number of benzene rings is 2. The van der Waals surface area contributed by atoms with Gasteiger partial charge in [0.15, 0.2) is 0 Å². The summed E-state index contributed by atoms with van der Waals surface area (Å²) < 4.78 is 0. The summed E-state index contributed by atoms with van der Waals surface area (Å²) in [5.74, 6) is 0.0920. The zero-order valence-electron chi connectivity index (χ0n) is 14.8. The van der Waals surface area contributed by atoms with E-state index in [1.807, 2.05) is 73.4 Å². The summed E-state index contributed by atoms with van der Waals surface area (Å²) in [6, 6.07) is 20.6. The van der Waals surface area contributed by atoms with Crippen LogP contribution in [0, 0.1) is 0 Å². The monoisotopic (exact) mass is 329 g/mol. The van der Waals surface area contributed by atoms with Crippen LogP contribution in [0.15, 0.2) is 90.0 Å². The molecule has 1 aliphatic rings. The average Bonchev–Trinajstić information content (AvgIpc) is 3.14. The van der Waals surface area contributed by atoms with Crippen LogP contribution in [0.25, 0.3) is 5.57 Å². The summed E-state index contributed by atoms with van der Waals surface area (Å²) >= 11 is 0. The van der Waals surface area contributed by atoms with Crippen LogP contribution >= 0.6 is 0 Å². The number of hydrogen-bond donors (Lipinski definition) is 0. The van der Waals surface area contributed by atoms with Crippen LogP contribution in [0.4, 0.5) is 0 Å². The van der Waals surface area contributed by atoms with Crippen molar-refractivity contribution in [2.24, 2.45) is 0 Å². The number of carbonyl (C=O) groups excluding carboxylic acids is 1. The molecule has 1 aliphatic carbocycles. The Morgan fingerprint density at radius 2 is 1.36 bits per heavy atom. The quantitative estimate of drug-likeness (QED) is 0.767. The lowest BCUT2D eigenvalue weighted by Crippen LogP contribution is -2.31. The Morgan fingerprint density at radius 1 is 0.840 bits per heavy atom. The standard InChI is InChI=1S/C23H23NO/c1-3-24(4-2)23(25)21-17-11-16-20(21)22(18-12-7-5-8-13-18)19-14-9-6-10-15-19/h5-17H,3-4H2,1-2H3. The molecule has 2 heteroatoms. The van der Waals surface area contributed by atoms with Crippen LogP contribution in [0.3, 0.4) is 0 Å². The second-order valence-corrected chi connectivity index (χ2v) is 5.94. The van der Waals surface area contributed by atoms with E-state index < -0.39 is 0 Å². The van der Waals surface area contributed by atoms with Crippen LogP contribution in [0.2, 0.25) is 0 Å². The minimum absolute atomic E-state index is 0.0920. The van der Waals surface area contributed by atoms with Crippen molar-refractivity contribution in [1.82, 2.24) is 4.90 Å². The molecule has 2 nitrogen and oxygen atoms in total. The lowest BCUT2D eigenvalue weighted by atomic mass is 9.90. The van der Waals surface area contributed by atoms with Crippen molar-refractivity contribution in [3.05, 3.63) is 101 Å². The summed E-state index contributed by atoms with van der Waals surface area (Å²) in [5, 5.41) is 0. The van der Waals surface area contributed by atoms with Gasteiger partial charge in [-0.2, -0.15) is 0 Å². The Labute approximate surface area is 149 Å². The van der Waals surface area contributed by atoms with Crippen LogP contribution < -0.4 is 0 Å². The van der Waals surface area contributed by atoms with Gasteiger partial charge in [-0.15, -0.1) is 0 Å². The fraction of sp³-hybridized carbons (Fsp3) is 0.174. The van der Waals surface area contributed by atoms with Gasteiger partial charge in [-0.25, -0.2) is 0 Å². The van der Waals surface area contributed by atoms with Gasteiger partial charge < -0.3 is 4.90 Å². The lowest BCUT2D eigenvalue weighted by molar-refractivity contribution is -0.126. The Hall–Kier alpha value is -2.87. The normalized spacial score (nSPS) is 12.9. The average molecular weight is 329 g/mol. The van der Waals surface area contributed by atoms with E-state index in [9.17, 15) is 4.79 Å². The number of rotatable bonds is 5. The van der Waals surface area contributed by atoms with E-state index in [-0.39, 0.29) is 5.91 Å². The highest BCUT2D eigenvalue weighted by Gasteiger charge is 2.23. The van der Waals surface area contributed by atoms with Crippen molar-refractivity contribution in [2.75, 3.05) is 13.1 Å². The molecule has 0 atom stereocenters. The number of hydrogen-bond acceptors (Lipinski definition) is 1. The van der Waals surface area contributed by atoms with Gasteiger partial charge in [-0.3, -0.25) is 4.79 Å². The third kappa shape index (κ3) is 3.48. The van der Waals surface area contributed by atoms with Crippen molar-refractivity contribution in [1.29, 1.82) is 0 Å². The van der Waals surface area contributed by atoms with E-state index in [4.69, 9.17) is 0 Å². The zero-order valence-corrected chi connectivity index (χ0v) is 14.8. The molecule has 2 aromatic carbocycles. The zero-order chi connectivity index (χ0) is 17.6. The van der Waals surface area contributed by atoms with E-state index in [2.05, 4.69) is 24.3 Å². The molecule has 0 N–H and O–H groups in total. The van der Waals surface area contributed by atoms with Crippen molar-refractivity contribution < 1.29 is 4.79 Å². The number of carbonyl (C=O) groups is 1. The molecule has 25 heavy (non-hydrogen) atoms. The van der Waals surface area contributed by atoms with E-state index in [1.54, 1.807) is 0 Å². The summed E-state index contributed by atoms with van der Waals surface area (Å²) in [6.45, 7) is 5.46. The molecule has 0 radical (unpaired) electrons. The second-order valence-electron chi connectivity index (χ2n) is 5.94. The number of amides is 1. The van der Waals surface area contributed by atoms with Gasteiger partial charge in [0.1, 0.15) is 0 Å². The minimum atomic E-state index is 0.0920. The molecule has 1 amide bonds. The van der Waals surface area contributed by atoms with Crippen molar-refractivity contribution >= 4 is 11.5 Å². The maximum absolute atomic E-state index is 13.0. The van der Waals surface area contributed by atoms with Crippen LogP contribution in [-0.2, 0) is 4.79 Å². The first-order valence-corrected chi connectivity index (χ1v) is 8.79. The number of likely N-dealkylation sites (N-methyl/N-ethyl adjacent to an activating group) is 1. The molecule has 3 rings (SSSR count). The molecule has 0 heterocycles. The van der Waals surface area contributed by atoms with Gasteiger partial charge in [0.2, 0.25) is 0 Å². The Balaban J connectivity index is 2.16. The Bertz CT molecular complexity index is 783. The highest BCUT2D eigenvalue weighted by molar-refractivity contribution is 6.04. The molecule has 0 saturated heterocycles. The first-order valence-electron chi connectivity index (χ1n) is 8.79. The summed E-state index contributed by atoms with van der Waals surface area (Å²) in [7, 11) is 0. The van der Waals surface area contributed by atoms with Crippen molar-refractivity contribution in [3.8, 4) is 0 Å². The molecule has 0 saturated carbocycles. The highest BCUT2D eigenvalue weighted by Crippen LogP contribution is 2.34. The fourth-order valence-electron chi connectivity index (χ4n) is 3.19. The summed E-state index contributed by atoms with van der Waals surface area (Å²) in [6.07, 6.45) is 5.95. The van der Waals surface area contributed by atoms with Crippen molar-refractivity contribution in [2.45, 2.75) is 13.8 Å². The molecule has 0 aromatic heterocycles. The molecule has 126 valence electrons. The van der Waals surface area contributed by atoms with Gasteiger partial charge in [0, 0.05) is 18.7 Å². The molecule has 0 fully saturated rings. The van der Waals surface area contributed by atoms with Gasteiger partial charge >= 0.3 is 0 Å². The molecule has 2 aromatic rings. The molecular formula is C23H23NO. The molecule has 0 unspecified atom stereocenters. The van der Waals surface area contributed by atoms with Crippen LogP contribution in [0.5, 0.6) is 0 Å². The summed E-state index contributed by atoms with van der Waals surface area (Å²) in [4.78, 5) is 14.8. The first kappa shape index (κ1) is 17.0. The largest absolute Gasteiger partial charge is 0.339 e. The predicted octanol–water partition coefficient (Wildman–Crippen LogP) is 4.85. The summed E-state index contributed by atoms with van der Waals surface area (Å²) in [5.41, 5.74) is 5.10. The molecule has 0 bridgehead atoms. The van der Waals surface area contributed by atoms with E-state index in [0.717, 1.165) is 27.8 Å². The topological polar surface area (TPSA) is 20.3 Å². The van der Waals surface area contributed by atoms with E-state index >= 15 is 0 Å². The molecule has 0 aliphatic heterocycles. The Morgan fingerprint density at radius 3 is 1.84 bits per heavy atom. The van der Waals surface area contributed by atoms with Crippen LogP contribution in [0.1, 0.15) is 25.0 Å². The Kier molecular flexibility index (Phi) is 5.30. The van der Waals surface area contributed by atoms with Crippen molar-refractivity contribution in [3.63, 3.8) is 0 Å². The fourth-order valence-corrected chi connectivity index (χ4v) is 3.19. The first-order chi connectivity index (χ1) is 12.3. The molecular weight excluding hydrogens is 306 g/mol. The lowest BCUT2D eigenvalue weighted by Gasteiger charge is -2.21. The third-order valence-corrected chi connectivity index (χ3v) is 4.49. The maximum Gasteiger partial charge on any atom is 0.254 e. The van der Waals surface area contributed by atoms with Gasteiger partial charge in [-0.1, -0.05) is 72.8 Å². The van der Waals surface area contributed by atoms with E-state index in [1.165, 1.54) is 0 Å². The minimum Gasteiger partial charge on any atom is -0.339 e. The number of allylic oxidation sites excluding steroid dienone is 3. The molecule has 0 spiro atoms. The SMILES string of the molecule is CCN(CC)C(=O)C1=CC=CC1=C(c1ccccc1)c1ccccc1. The van der Waals surface area contributed by atoms with E-state index in [0.29, 0.717) is 13.1 Å². The van der Waals surface area contributed by atoms with Crippen LogP contribution in [-0.4, -0.2) is 23.9 Å². The van der Waals surface area contributed by atoms with Gasteiger partial charge in [0.25, 0.3) is 5.91 Å². The highest BCUT2D eigenvalue weighted by atomic mass is 16.2. The van der Waals surface area contributed by atoms with Gasteiger partial charge in [-0.05, 0) is 42.2 Å². The predicted molar refractivity (Wildman–Crippen MR) is 104 cm³/mol. The second kappa shape index (κ2) is 7.80. The smallest absolute Gasteiger partial charge is 0.254 e. The third-order valence-electron chi connectivity index (χ3n) is 4.49. The number of nitrogens with zero attached hydrogens (tertiary/aromatic N) is 1.